The number of sulfonamides is 1. The fourth-order valence-corrected chi connectivity index (χ4v) is 4.92. The van der Waals surface area contributed by atoms with Gasteiger partial charge in [-0.3, -0.25) is 9.59 Å². The number of nitrogens with one attached hydrogen (secondary N) is 2. The molecule has 0 saturated carbocycles. The van der Waals surface area contributed by atoms with Crippen molar-refractivity contribution in [2.45, 2.75) is 32.2 Å². The minimum absolute atomic E-state index is 0.161. The van der Waals surface area contributed by atoms with Crippen LogP contribution in [0.3, 0.4) is 0 Å². The minimum atomic E-state index is -3.49. The zero-order valence-electron chi connectivity index (χ0n) is 18.1. The van der Waals surface area contributed by atoms with Crippen molar-refractivity contribution < 1.29 is 18.0 Å². The van der Waals surface area contributed by atoms with Crippen LogP contribution in [-0.2, 0) is 26.2 Å². The van der Waals surface area contributed by atoms with Gasteiger partial charge in [0.2, 0.25) is 21.8 Å². The summed E-state index contributed by atoms with van der Waals surface area (Å²) >= 11 is 1.23. The summed E-state index contributed by atoms with van der Waals surface area (Å²) in [5.41, 5.74) is 2.64. The zero-order chi connectivity index (χ0) is 22.9. The quantitative estimate of drug-likeness (QED) is 0.534. The van der Waals surface area contributed by atoms with Gasteiger partial charge in [0.25, 0.3) is 0 Å². The van der Waals surface area contributed by atoms with E-state index in [1.165, 1.54) is 16.1 Å². The van der Waals surface area contributed by atoms with Crippen LogP contribution in [0, 0.1) is 6.92 Å². The predicted octanol–water partition coefficient (Wildman–Crippen LogP) is 3.01. The largest absolute Gasteiger partial charge is 0.351 e. The summed E-state index contributed by atoms with van der Waals surface area (Å²) in [6.07, 6.45) is 0. The number of hydrogen-bond acceptors (Lipinski definition) is 5. The van der Waals surface area contributed by atoms with Gasteiger partial charge in [-0.2, -0.15) is 4.31 Å². The first-order chi connectivity index (χ1) is 14.8. The number of aryl methyl sites for hydroxylation is 1. The number of carbonyl (C=O) groups is 2. The Morgan fingerprint density at radius 1 is 0.903 bits per heavy atom. The van der Waals surface area contributed by atoms with Crippen LogP contribution in [0.25, 0.3) is 0 Å². The minimum Gasteiger partial charge on any atom is -0.351 e. The van der Waals surface area contributed by atoms with Gasteiger partial charge in [0.1, 0.15) is 0 Å². The molecule has 0 heterocycles. The first-order valence-electron chi connectivity index (χ1n) is 10.1. The molecule has 0 aliphatic rings. The molecule has 2 amide bonds. The zero-order valence-corrected chi connectivity index (χ0v) is 19.7. The number of anilines is 1. The SMILES string of the molecule is CCN(CC)S(=O)(=O)c1ccc(CNC(=O)CSCC(=O)Nc2ccc(C)cc2)cc1. The summed E-state index contributed by atoms with van der Waals surface area (Å²) in [7, 11) is -3.49. The number of thioether (sulfide) groups is 1. The lowest BCUT2D eigenvalue weighted by Crippen LogP contribution is -2.30. The molecule has 0 radical (unpaired) electrons. The number of amides is 2. The third-order valence-corrected chi connectivity index (χ3v) is 7.55. The molecule has 0 aliphatic heterocycles. The lowest BCUT2D eigenvalue weighted by Gasteiger charge is -2.18. The van der Waals surface area contributed by atoms with Gasteiger partial charge in [-0.05, 0) is 36.8 Å². The molecule has 0 aromatic heterocycles. The monoisotopic (exact) mass is 463 g/mol. The maximum atomic E-state index is 12.5. The molecule has 7 nitrogen and oxygen atoms in total. The molecule has 168 valence electrons. The van der Waals surface area contributed by atoms with E-state index in [-0.39, 0.29) is 28.2 Å². The molecule has 2 aromatic rings. The molecule has 0 unspecified atom stereocenters. The van der Waals surface area contributed by atoms with Crippen LogP contribution in [0.1, 0.15) is 25.0 Å². The average Bonchev–Trinajstić information content (AvgIpc) is 2.75. The molecule has 0 fully saturated rings. The van der Waals surface area contributed by atoms with Gasteiger partial charge in [-0.25, -0.2) is 8.42 Å². The van der Waals surface area contributed by atoms with Gasteiger partial charge in [0.05, 0.1) is 16.4 Å². The van der Waals surface area contributed by atoms with Gasteiger partial charge >= 0.3 is 0 Å². The standard InChI is InChI=1S/C22H29N3O4S2/c1-4-25(5-2)31(28,29)20-12-8-18(9-13-20)14-23-21(26)15-30-16-22(27)24-19-10-6-17(3)7-11-19/h6-13H,4-5,14-16H2,1-3H3,(H,23,26)(H,24,27). The molecule has 0 saturated heterocycles. The molecular weight excluding hydrogens is 434 g/mol. The molecule has 2 aromatic carbocycles. The normalized spacial score (nSPS) is 11.4. The van der Waals surface area contributed by atoms with Crippen molar-refractivity contribution in [3.8, 4) is 0 Å². The highest BCUT2D eigenvalue weighted by Gasteiger charge is 2.21. The highest BCUT2D eigenvalue weighted by molar-refractivity contribution is 8.00. The van der Waals surface area contributed by atoms with Gasteiger partial charge in [0, 0.05) is 25.3 Å². The summed E-state index contributed by atoms with van der Waals surface area (Å²) in [4.78, 5) is 24.2. The summed E-state index contributed by atoms with van der Waals surface area (Å²) in [5.74, 6) is -0.00535. The van der Waals surface area contributed by atoms with Crippen molar-refractivity contribution in [3.63, 3.8) is 0 Å². The third-order valence-electron chi connectivity index (χ3n) is 4.56. The molecule has 31 heavy (non-hydrogen) atoms. The van der Waals surface area contributed by atoms with E-state index >= 15 is 0 Å². The Morgan fingerprint density at radius 3 is 2.06 bits per heavy atom. The lowest BCUT2D eigenvalue weighted by atomic mass is 10.2. The van der Waals surface area contributed by atoms with Crippen LogP contribution in [0.15, 0.2) is 53.4 Å². The summed E-state index contributed by atoms with van der Waals surface area (Å²) in [6, 6.07) is 14.0. The molecule has 2 rings (SSSR count). The highest BCUT2D eigenvalue weighted by atomic mass is 32.2. The summed E-state index contributed by atoms with van der Waals surface area (Å²) < 4.78 is 26.4. The van der Waals surface area contributed by atoms with E-state index in [1.807, 2.05) is 31.2 Å². The lowest BCUT2D eigenvalue weighted by molar-refractivity contribution is -0.118. The van der Waals surface area contributed by atoms with Crippen LogP contribution in [0.5, 0.6) is 0 Å². The van der Waals surface area contributed by atoms with Crippen molar-refractivity contribution in [1.82, 2.24) is 9.62 Å². The van der Waals surface area contributed by atoms with Crippen LogP contribution >= 0.6 is 11.8 Å². The van der Waals surface area contributed by atoms with E-state index < -0.39 is 10.0 Å². The maximum Gasteiger partial charge on any atom is 0.243 e. The summed E-state index contributed by atoms with van der Waals surface area (Å²) in [6.45, 7) is 6.70. The number of benzene rings is 2. The second-order valence-corrected chi connectivity index (χ2v) is 9.84. The van der Waals surface area contributed by atoms with Crippen LogP contribution in [0.4, 0.5) is 5.69 Å². The molecule has 0 atom stereocenters. The van der Waals surface area contributed by atoms with E-state index in [0.717, 1.165) is 16.8 Å². The molecule has 0 bridgehead atoms. The number of nitrogens with zero attached hydrogens (tertiary/aromatic N) is 1. The highest BCUT2D eigenvalue weighted by Crippen LogP contribution is 2.16. The van der Waals surface area contributed by atoms with Gasteiger partial charge in [-0.15, -0.1) is 11.8 Å². The first kappa shape index (κ1) is 24.9. The Balaban J connectivity index is 1.74. The Kier molecular flexibility index (Phi) is 9.54. The van der Waals surface area contributed by atoms with Gasteiger partial charge in [0.15, 0.2) is 0 Å². The smallest absolute Gasteiger partial charge is 0.243 e. The van der Waals surface area contributed by atoms with Gasteiger partial charge < -0.3 is 10.6 Å². The van der Waals surface area contributed by atoms with Crippen LogP contribution in [-0.4, -0.2) is 49.1 Å². The maximum absolute atomic E-state index is 12.5. The molecule has 0 aliphatic carbocycles. The first-order valence-corrected chi connectivity index (χ1v) is 12.7. The number of carbonyl (C=O) groups excluding carboxylic acids is 2. The van der Waals surface area contributed by atoms with Crippen molar-refractivity contribution in [2.75, 3.05) is 29.9 Å². The van der Waals surface area contributed by atoms with Crippen LogP contribution in [0.2, 0.25) is 0 Å². The molecule has 0 spiro atoms. The number of hydrogen-bond donors (Lipinski definition) is 2. The van der Waals surface area contributed by atoms with Crippen molar-refractivity contribution in [2.24, 2.45) is 0 Å². The Bertz CT molecular complexity index is 971. The Morgan fingerprint density at radius 2 is 1.48 bits per heavy atom. The van der Waals surface area contributed by atoms with E-state index in [4.69, 9.17) is 0 Å². The average molecular weight is 464 g/mol. The molecule has 2 N–H and O–H groups in total. The van der Waals surface area contributed by atoms with Crippen molar-refractivity contribution in [1.29, 1.82) is 0 Å². The van der Waals surface area contributed by atoms with Crippen molar-refractivity contribution in [3.05, 3.63) is 59.7 Å². The van der Waals surface area contributed by atoms with Crippen LogP contribution < -0.4 is 10.6 Å². The second kappa shape index (κ2) is 11.9. The molecule has 9 heteroatoms. The van der Waals surface area contributed by atoms with Gasteiger partial charge in [-0.1, -0.05) is 43.7 Å². The van der Waals surface area contributed by atoms with Crippen molar-refractivity contribution >= 4 is 39.3 Å². The van der Waals surface area contributed by atoms with E-state index in [0.29, 0.717) is 19.6 Å². The summed E-state index contributed by atoms with van der Waals surface area (Å²) in [5, 5.41) is 5.57. The fraction of sp³-hybridized carbons (Fsp3) is 0.364. The molecular formula is C22H29N3O4S2. The topological polar surface area (TPSA) is 95.6 Å². The fourth-order valence-electron chi connectivity index (χ4n) is 2.81. The predicted molar refractivity (Wildman–Crippen MR) is 126 cm³/mol. The van der Waals surface area contributed by atoms with E-state index in [1.54, 1.807) is 38.1 Å². The number of rotatable bonds is 11. The van der Waals surface area contributed by atoms with E-state index in [2.05, 4.69) is 10.6 Å². The second-order valence-electron chi connectivity index (χ2n) is 6.92. The van der Waals surface area contributed by atoms with E-state index in [9.17, 15) is 18.0 Å². The third kappa shape index (κ3) is 7.68. The Hall–Kier alpha value is -2.36. The Labute approximate surface area is 188 Å².